The summed E-state index contributed by atoms with van der Waals surface area (Å²) in [7, 11) is 0. The third-order valence-corrected chi connectivity index (χ3v) is 10.2. The topological polar surface area (TPSA) is 62.2 Å². The number of fused-ring (bicyclic) bond motifs is 2. The molecule has 2 aliphatic heterocycles. The average Bonchev–Trinajstić information content (AvgIpc) is 3.34. The number of hydrogen-bond donors (Lipinski definition) is 2. The van der Waals surface area contributed by atoms with Crippen LogP contribution in [-0.2, 0) is 9.47 Å². The lowest BCUT2D eigenvalue weighted by molar-refractivity contribution is -0.0683. The van der Waals surface area contributed by atoms with Gasteiger partial charge >= 0.3 is 0 Å². The number of aliphatic hydroxyl groups excluding tert-OH is 2. The SMILES string of the molecule is CC(=C/C=C/C(C)=C/C=C/C=C(C)/C=C/C=C(\C)[C@H]1C=C2C(C)(C)CC(O)CC2(C)O1)/C=C/C12OC1(C)CC(O)CC2(C)C. The minimum Gasteiger partial charge on any atom is -0.393 e. The van der Waals surface area contributed by atoms with Gasteiger partial charge in [-0.15, -0.1) is 0 Å². The highest BCUT2D eigenvalue weighted by Gasteiger charge is 2.74. The van der Waals surface area contributed by atoms with Gasteiger partial charge in [-0.1, -0.05) is 111 Å². The summed E-state index contributed by atoms with van der Waals surface area (Å²) in [6.07, 6.45) is 29.9. The lowest BCUT2D eigenvalue weighted by Gasteiger charge is -2.44. The standard InChI is InChI=1S/C40H56O4/c1-28(17-13-18-30(3)21-22-40-37(7,8)25-33(42)27-39(40,10)44-40)15-11-12-16-29(2)19-14-20-31(4)34-23-35-36(5,6)24-32(41)26-38(35,9)43-34/h11-23,32-34,41-42H,24-27H2,1-10H3/b12-11+,17-13+,19-14+,22-21+,28-15+,29-16+,30-18-,31-20+/t32?,33?,34-,38?,39?,40?/m1/s1. The monoisotopic (exact) mass is 600 g/mol. The Bertz CT molecular complexity index is 1380. The van der Waals surface area contributed by atoms with E-state index in [0.29, 0.717) is 12.8 Å². The molecule has 0 radical (unpaired) electrons. The molecule has 1 saturated heterocycles. The van der Waals surface area contributed by atoms with Crippen LogP contribution in [0.15, 0.2) is 107 Å². The lowest BCUT2D eigenvalue weighted by atomic mass is 9.63. The molecule has 4 aliphatic rings. The molecule has 5 unspecified atom stereocenters. The van der Waals surface area contributed by atoms with Gasteiger partial charge in [0.2, 0.25) is 0 Å². The third kappa shape index (κ3) is 7.31. The molecule has 4 rings (SSSR count). The molecule has 0 spiro atoms. The van der Waals surface area contributed by atoms with Crippen molar-refractivity contribution in [2.24, 2.45) is 10.8 Å². The summed E-state index contributed by atoms with van der Waals surface area (Å²) in [6.45, 7) is 21.5. The smallest absolute Gasteiger partial charge is 0.121 e. The molecule has 0 aromatic carbocycles. The second-order valence-corrected chi connectivity index (χ2v) is 15.4. The molecule has 2 saturated carbocycles. The van der Waals surface area contributed by atoms with Crippen molar-refractivity contribution >= 4 is 0 Å². The van der Waals surface area contributed by atoms with Crippen LogP contribution in [0.5, 0.6) is 0 Å². The zero-order chi connectivity index (χ0) is 32.6. The first-order chi connectivity index (χ1) is 20.4. The highest BCUT2D eigenvalue weighted by molar-refractivity contribution is 5.38. The number of ether oxygens (including phenoxy) is 2. The summed E-state index contributed by atoms with van der Waals surface area (Å²) in [5.41, 5.74) is 4.89. The Morgan fingerprint density at radius 2 is 1.25 bits per heavy atom. The first-order valence-electron chi connectivity index (χ1n) is 16.3. The van der Waals surface area contributed by atoms with Crippen molar-refractivity contribution in [3.05, 3.63) is 107 Å². The molecule has 0 amide bonds. The lowest BCUT2D eigenvalue weighted by Crippen LogP contribution is -2.46. The van der Waals surface area contributed by atoms with Crippen LogP contribution in [0, 0.1) is 10.8 Å². The normalized spacial score (nSPS) is 37.7. The molecular formula is C40H56O4. The highest BCUT2D eigenvalue weighted by atomic mass is 16.6. The maximum Gasteiger partial charge on any atom is 0.121 e. The third-order valence-electron chi connectivity index (χ3n) is 10.2. The Labute approximate surface area is 267 Å². The second-order valence-electron chi connectivity index (χ2n) is 15.4. The Kier molecular flexibility index (Phi) is 9.93. The summed E-state index contributed by atoms with van der Waals surface area (Å²) in [5, 5.41) is 20.6. The number of aliphatic hydroxyl groups is 2. The van der Waals surface area contributed by atoms with Crippen LogP contribution in [0.3, 0.4) is 0 Å². The van der Waals surface area contributed by atoms with Crippen molar-refractivity contribution in [3.8, 4) is 0 Å². The summed E-state index contributed by atoms with van der Waals surface area (Å²) in [5.74, 6) is 0. The number of hydrogen-bond acceptors (Lipinski definition) is 4. The van der Waals surface area contributed by atoms with Gasteiger partial charge in [-0.25, -0.2) is 0 Å². The van der Waals surface area contributed by atoms with Crippen LogP contribution >= 0.6 is 0 Å². The second kappa shape index (κ2) is 12.7. The molecule has 2 N–H and O–H groups in total. The van der Waals surface area contributed by atoms with Gasteiger partial charge in [0.05, 0.1) is 23.9 Å². The molecule has 2 heterocycles. The zero-order valence-corrected chi connectivity index (χ0v) is 28.8. The van der Waals surface area contributed by atoms with Crippen molar-refractivity contribution in [2.45, 2.75) is 130 Å². The highest BCUT2D eigenvalue weighted by Crippen LogP contribution is 2.66. The van der Waals surface area contributed by atoms with Gasteiger partial charge in [-0.3, -0.25) is 0 Å². The maximum absolute atomic E-state index is 10.4. The van der Waals surface area contributed by atoms with E-state index in [1.807, 2.05) is 0 Å². The summed E-state index contributed by atoms with van der Waals surface area (Å²) < 4.78 is 12.7. The molecular weight excluding hydrogens is 544 g/mol. The molecule has 0 aromatic heterocycles. The molecule has 0 aromatic rings. The summed E-state index contributed by atoms with van der Waals surface area (Å²) in [4.78, 5) is 0. The van der Waals surface area contributed by atoms with E-state index in [1.165, 1.54) is 27.9 Å². The summed E-state index contributed by atoms with van der Waals surface area (Å²) >= 11 is 0. The van der Waals surface area contributed by atoms with Gasteiger partial charge in [0, 0.05) is 18.3 Å². The number of rotatable bonds is 9. The molecule has 44 heavy (non-hydrogen) atoms. The van der Waals surface area contributed by atoms with Gasteiger partial charge in [-0.05, 0) is 83.1 Å². The van der Waals surface area contributed by atoms with Crippen LogP contribution in [0.4, 0.5) is 0 Å². The van der Waals surface area contributed by atoms with Gasteiger partial charge < -0.3 is 19.7 Å². The molecule has 6 atom stereocenters. The maximum atomic E-state index is 10.4. The van der Waals surface area contributed by atoms with E-state index < -0.39 is 0 Å². The van der Waals surface area contributed by atoms with Gasteiger partial charge in [0.25, 0.3) is 0 Å². The Morgan fingerprint density at radius 3 is 1.86 bits per heavy atom. The fraction of sp³-hybridized carbons (Fsp3) is 0.550. The van der Waals surface area contributed by atoms with E-state index in [2.05, 4.69) is 148 Å². The van der Waals surface area contributed by atoms with E-state index in [4.69, 9.17) is 9.47 Å². The predicted molar refractivity (Wildman–Crippen MR) is 183 cm³/mol. The van der Waals surface area contributed by atoms with Crippen molar-refractivity contribution in [1.82, 2.24) is 0 Å². The van der Waals surface area contributed by atoms with E-state index in [1.54, 1.807) is 0 Å². The molecule has 2 aliphatic carbocycles. The van der Waals surface area contributed by atoms with Crippen molar-refractivity contribution < 1.29 is 19.7 Å². The Morgan fingerprint density at radius 1 is 0.705 bits per heavy atom. The quantitative estimate of drug-likeness (QED) is 0.158. The largest absolute Gasteiger partial charge is 0.393 e. The van der Waals surface area contributed by atoms with Crippen LogP contribution in [0.2, 0.25) is 0 Å². The van der Waals surface area contributed by atoms with Crippen molar-refractivity contribution in [2.75, 3.05) is 0 Å². The summed E-state index contributed by atoms with van der Waals surface area (Å²) in [6, 6.07) is 0. The Hall–Kier alpha value is -2.50. The van der Waals surface area contributed by atoms with Crippen molar-refractivity contribution in [3.63, 3.8) is 0 Å². The van der Waals surface area contributed by atoms with E-state index in [9.17, 15) is 10.2 Å². The van der Waals surface area contributed by atoms with Gasteiger partial charge in [0.15, 0.2) is 0 Å². The van der Waals surface area contributed by atoms with Crippen LogP contribution in [-0.4, -0.2) is 45.3 Å². The molecule has 3 fully saturated rings. The number of epoxide rings is 1. The number of allylic oxidation sites excluding steroid dienone is 14. The first-order valence-corrected chi connectivity index (χ1v) is 16.3. The van der Waals surface area contributed by atoms with E-state index >= 15 is 0 Å². The average molecular weight is 601 g/mol. The molecule has 0 bridgehead atoms. The van der Waals surface area contributed by atoms with Crippen LogP contribution in [0.1, 0.15) is 94.9 Å². The fourth-order valence-electron chi connectivity index (χ4n) is 7.95. The van der Waals surface area contributed by atoms with E-state index in [0.717, 1.165) is 12.8 Å². The van der Waals surface area contributed by atoms with Crippen LogP contribution in [0.25, 0.3) is 0 Å². The van der Waals surface area contributed by atoms with Gasteiger partial charge in [0.1, 0.15) is 11.2 Å². The zero-order valence-electron chi connectivity index (χ0n) is 28.8. The van der Waals surface area contributed by atoms with Gasteiger partial charge in [-0.2, -0.15) is 0 Å². The molecule has 4 heteroatoms. The van der Waals surface area contributed by atoms with Crippen LogP contribution < -0.4 is 0 Å². The Balaban J connectivity index is 1.27. The van der Waals surface area contributed by atoms with E-state index in [-0.39, 0.29) is 45.9 Å². The predicted octanol–water partition coefficient (Wildman–Crippen LogP) is 8.97. The first kappa shape index (κ1) is 34.4. The molecule has 240 valence electrons. The minimum absolute atomic E-state index is 0.0500. The fourth-order valence-corrected chi connectivity index (χ4v) is 7.95. The minimum atomic E-state index is -0.385. The molecule has 4 nitrogen and oxygen atoms in total. The van der Waals surface area contributed by atoms with Crippen molar-refractivity contribution in [1.29, 1.82) is 0 Å².